The molecular formula is C13H15N3O2. The van der Waals surface area contributed by atoms with Crippen LogP contribution in [0.4, 0.5) is 11.4 Å². The number of nitrogens with one attached hydrogen (secondary N) is 1. The van der Waals surface area contributed by atoms with Crippen molar-refractivity contribution in [1.29, 1.82) is 5.26 Å². The Morgan fingerprint density at radius 2 is 2.39 bits per heavy atom. The van der Waals surface area contributed by atoms with E-state index in [9.17, 15) is 4.79 Å². The molecule has 0 aliphatic carbocycles. The lowest BCUT2D eigenvalue weighted by Crippen LogP contribution is -2.26. The highest BCUT2D eigenvalue weighted by Gasteiger charge is 2.16. The molecule has 0 fully saturated rings. The lowest BCUT2D eigenvalue weighted by molar-refractivity contribution is -0.136. The number of hydrogen-bond donors (Lipinski definition) is 2. The van der Waals surface area contributed by atoms with Crippen LogP contribution >= 0.6 is 0 Å². The average Bonchev–Trinajstić information content (AvgIpc) is 2.57. The van der Waals surface area contributed by atoms with Crippen molar-refractivity contribution in [1.82, 2.24) is 0 Å². The molecule has 0 atom stereocenters. The number of anilines is 2. The zero-order valence-electron chi connectivity index (χ0n) is 10.0. The van der Waals surface area contributed by atoms with Crippen LogP contribution in [0.5, 0.6) is 0 Å². The van der Waals surface area contributed by atoms with E-state index in [1.165, 1.54) is 0 Å². The Hall–Kier alpha value is -2.22. The quantitative estimate of drug-likeness (QED) is 0.846. The summed E-state index contributed by atoms with van der Waals surface area (Å²) < 4.78 is 0. The molecular weight excluding hydrogens is 230 g/mol. The number of nitrogens with zero attached hydrogens (tertiary/aromatic N) is 2. The van der Waals surface area contributed by atoms with E-state index in [4.69, 9.17) is 10.4 Å². The van der Waals surface area contributed by atoms with E-state index in [0.717, 1.165) is 30.9 Å². The summed E-state index contributed by atoms with van der Waals surface area (Å²) in [5, 5.41) is 21.0. The van der Waals surface area contributed by atoms with E-state index in [2.05, 4.69) is 11.4 Å². The van der Waals surface area contributed by atoms with E-state index in [1.54, 1.807) is 6.07 Å². The highest BCUT2D eigenvalue weighted by Crippen LogP contribution is 2.29. The Morgan fingerprint density at radius 1 is 1.56 bits per heavy atom. The van der Waals surface area contributed by atoms with Crippen molar-refractivity contribution in [3.8, 4) is 6.07 Å². The molecule has 2 rings (SSSR count). The van der Waals surface area contributed by atoms with Gasteiger partial charge in [0, 0.05) is 19.6 Å². The van der Waals surface area contributed by atoms with E-state index in [-0.39, 0.29) is 6.42 Å². The van der Waals surface area contributed by atoms with Gasteiger partial charge < -0.3 is 15.3 Å². The van der Waals surface area contributed by atoms with E-state index >= 15 is 0 Å². The number of aliphatic carboxylic acids is 1. The molecule has 1 aromatic carbocycles. The largest absolute Gasteiger partial charge is 0.481 e. The monoisotopic (exact) mass is 245 g/mol. The predicted octanol–water partition coefficient (Wildman–Crippen LogP) is 1.65. The van der Waals surface area contributed by atoms with Crippen LogP contribution in [0.3, 0.4) is 0 Å². The second-order valence-corrected chi connectivity index (χ2v) is 4.25. The van der Waals surface area contributed by atoms with Crippen molar-refractivity contribution in [2.45, 2.75) is 12.8 Å². The van der Waals surface area contributed by atoms with Crippen molar-refractivity contribution in [2.24, 2.45) is 0 Å². The van der Waals surface area contributed by atoms with E-state index in [1.807, 2.05) is 17.0 Å². The maximum Gasteiger partial charge on any atom is 0.305 e. The Kier molecular flexibility index (Phi) is 3.68. The third-order valence-electron chi connectivity index (χ3n) is 2.98. The van der Waals surface area contributed by atoms with Gasteiger partial charge in [0.2, 0.25) is 0 Å². The molecule has 0 radical (unpaired) electrons. The smallest absolute Gasteiger partial charge is 0.305 e. The minimum absolute atomic E-state index is 0.107. The van der Waals surface area contributed by atoms with Crippen molar-refractivity contribution < 1.29 is 9.90 Å². The zero-order valence-corrected chi connectivity index (χ0v) is 10.0. The molecule has 2 N–H and O–H groups in total. The standard InChI is InChI=1S/C13H15N3O2/c14-9-10-2-3-11-12(8-10)16(6-1-5-15-11)7-4-13(17)18/h2-3,8,15H,1,4-7H2,(H,17,18). The first-order chi connectivity index (χ1) is 8.70. The molecule has 5 nitrogen and oxygen atoms in total. The summed E-state index contributed by atoms with van der Waals surface area (Å²) in [6.07, 6.45) is 1.06. The third-order valence-corrected chi connectivity index (χ3v) is 2.98. The summed E-state index contributed by atoms with van der Waals surface area (Å²) in [5.41, 5.74) is 2.49. The highest BCUT2D eigenvalue weighted by atomic mass is 16.4. The fourth-order valence-electron chi connectivity index (χ4n) is 2.09. The molecule has 1 aromatic rings. The molecule has 1 aliphatic rings. The second kappa shape index (κ2) is 5.41. The average molecular weight is 245 g/mol. The number of rotatable bonds is 3. The van der Waals surface area contributed by atoms with Gasteiger partial charge in [-0.3, -0.25) is 4.79 Å². The third kappa shape index (κ3) is 2.72. The molecule has 1 heterocycles. The number of carboxylic acids is 1. The molecule has 5 heteroatoms. The van der Waals surface area contributed by atoms with Gasteiger partial charge in [0.15, 0.2) is 0 Å². The normalized spacial score (nSPS) is 14.1. The van der Waals surface area contributed by atoms with Gasteiger partial charge in [-0.2, -0.15) is 5.26 Å². The number of carboxylic acid groups (broad SMARTS) is 1. The Labute approximate surface area is 106 Å². The Morgan fingerprint density at radius 3 is 3.11 bits per heavy atom. The van der Waals surface area contributed by atoms with E-state index in [0.29, 0.717) is 12.1 Å². The molecule has 18 heavy (non-hydrogen) atoms. The summed E-state index contributed by atoms with van der Waals surface area (Å²) in [6, 6.07) is 7.58. The molecule has 0 unspecified atom stereocenters. The summed E-state index contributed by atoms with van der Waals surface area (Å²) in [6.45, 7) is 2.14. The number of carbonyl (C=O) groups is 1. The molecule has 0 spiro atoms. The van der Waals surface area contributed by atoms with Crippen LogP contribution in [0.1, 0.15) is 18.4 Å². The first-order valence-electron chi connectivity index (χ1n) is 5.95. The summed E-state index contributed by atoms with van der Waals surface area (Å²) in [5.74, 6) is -0.801. The molecule has 94 valence electrons. The van der Waals surface area contributed by atoms with Crippen LogP contribution in [-0.4, -0.2) is 30.7 Å². The van der Waals surface area contributed by atoms with Gasteiger partial charge in [0.05, 0.1) is 29.4 Å². The summed E-state index contributed by atoms with van der Waals surface area (Å²) in [4.78, 5) is 12.7. The van der Waals surface area contributed by atoms with Gasteiger partial charge >= 0.3 is 5.97 Å². The predicted molar refractivity (Wildman–Crippen MR) is 68.7 cm³/mol. The maximum absolute atomic E-state index is 10.7. The molecule has 0 amide bonds. The topological polar surface area (TPSA) is 76.4 Å². The summed E-state index contributed by atoms with van der Waals surface area (Å²) in [7, 11) is 0. The van der Waals surface area contributed by atoms with Crippen LogP contribution in [0.2, 0.25) is 0 Å². The molecule has 1 aliphatic heterocycles. The van der Waals surface area contributed by atoms with Crippen LogP contribution < -0.4 is 10.2 Å². The number of fused-ring (bicyclic) bond motifs is 1. The van der Waals surface area contributed by atoms with Gasteiger partial charge in [0.25, 0.3) is 0 Å². The minimum Gasteiger partial charge on any atom is -0.481 e. The van der Waals surface area contributed by atoms with Gasteiger partial charge in [-0.05, 0) is 24.6 Å². The number of nitriles is 1. The van der Waals surface area contributed by atoms with Crippen molar-refractivity contribution in [2.75, 3.05) is 29.9 Å². The second-order valence-electron chi connectivity index (χ2n) is 4.25. The van der Waals surface area contributed by atoms with Crippen LogP contribution in [0, 0.1) is 11.3 Å². The molecule has 0 saturated heterocycles. The lowest BCUT2D eigenvalue weighted by atomic mass is 10.1. The maximum atomic E-state index is 10.7. The fourth-order valence-corrected chi connectivity index (χ4v) is 2.09. The number of benzene rings is 1. The van der Waals surface area contributed by atoms with Gasteiger partial charge in [-0.1, -0.05) is 0 Å². The van der Waals surface area contributed by atoms with Crippen molar-refractivity contribution >= 4 is 17.3 Å². The summed E-state index contributed by atoms with van der Waals surface area (Å²) >= 11 is 0. The first-order valence-corrected chi connectivity index (χ1v) is 5.95. The molecule has 0 aromatic heterocycles. The van der Waals surface area contributed by atoms with Crippen LogP contribution in [0.15, 0.2) is 18.2 Å². The molecule has 0 saturated carbocycles. The van der Waals surface area contributed by atoms with E-state index < -0.39 is 5.97 Å². The fraction of sp³-hybridized carbons (Fsp3) is 0.385. The Bertz CT molecular complexity index is 493. The van der Waals surface area contributed by atoms with Crippen molar-refractivity contribution in [3.63, 3.8) is 0 Å². The van der Waals surface area contributed by atoms with Crippen molar-refractivity contribution in [3.05, 3.63) is 23.8 Å². The first kappa shape index (κ1) is 12.2. The van der Waals surface area contributed by atoms with Gasteiger partial charge in [-0.25, -0.2) is 0 Å². The molecule has 0 bridgehead atoms. The van der Waals surface area contributed by atoms with Gasteiger partial charge in [-0.15, -0.1) is 0 Å². The van der Waals surface area contributed by atoms with Crippen LogP contribution in [-0.2, 0) is 4.79 Å². The minimum atomic E-state index is -0.801. The van der Waals surface area contributed by atoms with Crippen LogP contribution in [0.25, 0.3) is 0 Å². The highest BCUT2D eigenvalue weighted by molar-refractivity contribution is 5.74. The number of hydrogen-bond acceptors (Lipinski definition) is 4. The lowest BCUT2D eigenvalue weighted by Gasteiger charge is -2.23. The Balaban J connectivity index is 2.27. The van der Waals surface area contributed by atoms with Gasteiger partial charge in [0.1, 0.15) is 0 Å². The zero-order chi connectivity index (χ0) is 13.0. The SMILES string of the molecule is N#Cc1ccc2c(c1)N(CCC(=O)O)CCCN2.